The molecule has 0 aliphatic carbocycles. The van der Waals surface area contributed by atoms with Gasteiger partial charge in [-0.1, -0.05) is 11.6 Å². The SMILES string of the molecule is Cc1[nH]nc2nc(Cl)c(C(C)N(C#N)Cc3cc(C(F)(F)F)cc(C(F)(F)F)c3)cc12. The normalized spacial score (nSPS) is 13.3. The van der Waals surface area contributed by atoms with Crippen LogP contribution in [0.4, 0.5) is 26.3 Å². The third-order valence-electron chi connectivity index (χ3n) is 4.76. The van der Waals surface area contributed by atoms with Crippen LogP contribution in [0.1, 0.15) is 40.9 Å². The lowest BCUT2D eigenvalue weighted by atomic mass is 10.0. The Morgan fingerprint density at radius 2 is 1.68 bits per heavy atom. The summed E-state index contributed by atoms with van der Waals surface area (Å²) >= 11 is 6.18. The monoisotopic (exact) mass is 461 g/mol. The number of benzene rings is 1. The van der Waals surface area contributed by atoms with E-state index in [0.717, 1.165) is 4.90 Å². The van der Waals surface area contributed by atoms with Gasteiger partial charge >= 0.3 is 12.4 Å². The Hall–Kier alpha value is -3.00. The Morgan fingerprint density at radius 3 is 2.19 bits per heavy atom. The Balaban J connectivity index is 2.00. The summed E-state index contributed by atoms with van der Waals surface area (Å²) in [6.45, 7) is 2.79. The molecule has 0 bridgehead atoms. The van der Waals surface area contributed by atoms with Crippen LogP contribution in [0.25, 0.3) is 11.0 Å². The molecule has 164 valence electrons. The number of aromatic amines is 1. The number of pyridine rings is 1. The van der Waals surface area contributed by atoms with E-state index in [1.165, 1.54) is 0 Å². The number of nitrogens with zero attached hydrogens (tertiary/aromatic N) is 4. The average Bonchev–Trinajstić information content (AvgIpc) is 3.03. The number of hydrogen-bond donors (Lipinski definition) is 1. The summed E-state index contributed by atoms with van der Waals surface area (Å²) < 4.78 is 78.6. The molecule has 0 aliphatic rings. The minimum Gasteiger partial charge on any atom is -0.299 e. The van der Waals surface area contributed by atoms with Crippen LogP contribution in [0.3, 0.4) is 0 Å². The fraction of sp³-hybridized carbons (Fsp3) is 0.316. The van der Waals surface area contributed by atoms with E-state index in [-0.39, 0.29) is 16.8 Å². The summed E-state index contributed by atoms with van der Waals surface area (Å²) in [6.07, 6.45) is -8.14. The molecule has 0 spiro atoms. The minimum absolute atomic E-state index is 0.0202. The molecule has 1 N–H and O–H groups in total. The molecule has 3 rings (SSSR count). The van der Waals surface area contributed by atoms with Crippen LogP contribution in [0.2, 0.25) is 5.15 Å². The van der Waals surface area contributed by atoms with Gasteiger partial charge in [0.25, 0.3) is 0 Å². The highest BCUT2D eigenvalue weighted by Crippen LogP contribution is 2.37. The fourth-order valence-corrected chi connectivity index (χ4v) is 3.38. The number of nitriles is 1. The van der Waals surface area contributed by atoms with Crippen molar-refractivity contribution in [2.24, 2.45) is 0 Å². The molecule has 3 aromatic rings. The predicted molar refractivity (Wildman–Crippen MR) is 99.7 cm³/mol. The molecule has 1 atom stereocenters. The van der Waals surface area contributed by atoms with Gasteiger partial charge in [-0.05, 0) is 43.7 Å². The van der Waals surface area contributed by atoms with Crippen LogP contribution in [0.5, 0.6) is 0 Å². The molecule has 0 saturated carbocycles. The second-order valence-electron chi connectivity index (χ2n) is 6.91. The zero-order chi connectivity index (χ0) is 23.1. The van der Waals surface area contributed by atoms with Crippen LogP contribution in [-0.2, 0) is 18.9 Å². The van der Waals surface area contributed by atoms with Gasteiger partial charge in [-0.3, -0.25) is 10.00 Å². The second kappa shape index (κ2) is 7.92. The van der Waals surface area contributed by atoms with Gasteiger partial charge in [0.15, 0.2) is 11.8 Å². The van der Waals surface area contributed by atoms with Gasteiger partial charge in [0.2, 0.25) is 0 Å². The van der Waals surface area contributed by atoms with Gasteiger partial charge in [0.05, 0.1) is 23.7 Å². The first-order valence-electron chi connectivity index (χ1n) is 8.77. The molecule has 0 aliphatic heterocycles. The summed E-state index contributed by atoms with van der Waals surface area (Å²) in [7, 11) is 0. The zero-order valence-electron chi connectivity index (χ0n) is 16.0. The highest BCUT2D eigenvalue weighted by Gasteiger charge is 2.37. The van der Waals surface area contributed by atoms with Crippen molar-refractivity contribution in [3.63, 3.8) is 0 Å². The third kappa shape index (κ3) is 4.69. The molecule has 12 heteroatoms. The van der Waals surface area contributed by atoms with E-state index >= 15 is 0 Å². The summed E-state index contributed by atoms with van der Waals surface area (Å²) in [5.41, 5.74) is -1.81. The number of aryl methyl sites for hydroxylation is 1. The van der Waals surface area contributed by atoms with Gasteiger partial charge in [-0.2, -0.15) is 36.7 Å². The first-order valence-corrected chi connectivity index (χ1v) is 9.15. The molecule has 0 fully saturated rings. The van der Waals surface area contributed by atoms with E-state index in [2.05, 4.69) is 15.2 Å². The van der Waals surface area contributed by atoms with Crippen molar-refractivity contribution < 1.29 is 26.3 Å². The largest absolute Gasteiger partial charge is 0.416 e. The Labute approximate surface area is 177 Å². The van der Waals surface area contributed by atoms with Crippen molar-refractivity contribution >= 4 is 22.6 Å². The summed E-state index contributed by atoms with van der Waals surface area (Å²) in [5.74, 6) is 0. The van der Waals surface area contributed by atoms with Crippen LogP contribution in [0, 0.1) is 18.4 Å². The molecule has 0 saturated heterocycles. The minimum atomic E-state index is -4.98. The van der Waals surface area contributed by atoms with E-state index in [1.807, 2.05) is 6.19 Å². The summed E-state index contributed by atoms with van der Waals surface area (Å²) in [6, 6.07) is 2.07. The van der Waals surface area contributed by atoms with Crippen LogP contribution in [0.15, 0.2) is 24.3 Å². The molecule has 1 unspecified atom stereocenters. The van der Waals surface area contributed by atoms with E-state index in [4.69, 9.17) is 11.6 Å². The highest BCUT2D eigenvalue weighted by molar-refractivity contribution is 6.30. The number of H-pyrrole nitrogens is 1. The summed E-state index contributed by atoms with van der Waals surface area (Å²) in [4.78, 5) is 5.15. The standard InChI is InChI=1S/C19H14ClF6N5/c1-9-14-6-15(16(20)28-17(14)30-29-9)10(2)31(8-27)7-11-3-12(18(21,22)23)5-13(4-11)19(24,25)26/h3-6,10H,7H2,1-2H3,(H,28,29,30). The molecule has 0 radical (unpaired) electrons. The number of halogens is 7. The first-order chi connectivity index (χ1) is 14.3. The lowest BCUT2D eigenvalue weighted by Crippen LogP contribution is -2.23. The molecule has 2 heterocycles. The summed E-state index contributed by atoms with van der Waals surface area (Å²) in [5, 5.41) is 16.9. The number of nitrogens with one attached hydrogen (secondary N) is 1. The van der Waals surface area contributed by atoms with Gasteiger partial charge in [-0.15, -0.1) is 0 Å². The van der Waals surface area contributed by atoms with Gasteiger partial charge < -0.3 is 0 Å². The topological polar surface area (TPSA) is 68.6 Å². The number of rotatable bonds is 4. The van der Waals surface area contributed by atoms with E-state index in [1.54, 1.807) is 19.9 Å². The van der Waals surface area contributed by atoms with Gasteiger partial charge in [0.1, 0.15) is 5.15 Å². The van der Waals surface area contributed by atoms with Crippen molar-refractivity contribution in [3.8, 4) is 6.19 Å². The number of alkyl halides is 6. The van der Waals surface area contributed by atoms with Crippen LogP contribution >= 0.6 is 11.6 Å². The fourth-order valence-electron chi connectivity index (χ4n) is 3.08. The van der Waals surface area contributed by atoms with Crippen molar-refractivity contribution in [1.82, 2.24) is 20.1 Å². The molecule has 0 amide bonds. The van der Waals surface area contributed by atoms with E-state index in [9.17, 15) is 31.6 Å². The van der Waals surface area contributed by atoms with E-state index < -0.39 is 36.1 Å². The molecular weight excluding hydrogens is 448 g/mol. The smallest absolute Gasteiger partial charge is 0.299 e. The highest BCUT2D eigenvalue weighted by atomic mass is 35.5. The Bertz CT molecular complexity index is 1130. The molecule has 31 heavy (non-hydrogen) atoms. The van der Waals surface area contributed by atoms with Crippen molar-refractivity contribution in [1.29, 1.82) is 5.26 Å². The Morgan fingerprint density at radius 1 is 1.10 bits per heavy atom. The van der Waals surface area contributed by atoms with E-state index in [0.29, 0.717) is 34.4 Å². The maximum absolute atomic E-state index is 13.1. The van der Waals surface area contributed by atoms with Gasteiger partial charge in [-0.25, -0.2) is 4.98 Å². The lowest BCUT2D eigenvalue weighted by Gasteiger charge is -2.25. The number of fused-ring (bicyclic) bond motifs is 1. The third-order valence-corrected chi connectivity index (χ3v) is 5.07. The zero-order valence-corrected chi connectivity index (χ0v) is 16.8. The van der Waals surface area contributed by atoms with Crippen LogP contribution < -0.4 is 0 Å². The average molecular weight is 462 g/mol. The number of hydrogen-bond acceptors (Lipinski definition) is 4. The quantitative estimate of drug-likeness (QED) is 0.224. The maximum atomic E-state index is 13.1. The maximum Gasteiger partial charge on any atom is 0.416 e. The van der Waals surface area contributed by atoms with Crippen molar-refractivity contribution in [3.05, 3.63) is 57.4 Å². The van der Waals surface area contributed by atoms with Crippen molar-refractivity contribution in [2.45, 2.75) is 38.8 Å². The molecule has 1 aromatic carbocycles. The lowest BCUT2D eigenvalue weighted by molar-refractivity contribution is -0.143. The number of aromatic nitrogens is 3. The van der Waals surface area contributed by atoms with Crippen molar-refractivity contribution in [2.75, 3.05) is 0 Å². The molecule has 2 aromatic heterocycles. The predicted octanol–water partition coefficient (Wildman–Crippen LogP) is 6.00. The van der Waals surface area contributed by atoms with Crippen LogP contribution in [-0.4, -0.2) is 20.1 Å². The first kappa shape index (κ1) is 22.7. The second-order valence-corrected chi connectivity index (χ2v) is 7.26. The molecule has 5 nitrogen and oxygen atoms in total. The van der Waals surface area contributed by atoms with Gasteiger partial charge in [0, 0.05) is 16.6 Å². The molecular formula is C19H14ClF6N5. The Kier molecular flexibility index (Phi) is 5.80.